The zero-order chi connectivity index (χ0) is 57.6. The quantitative estimate of drug-likeness (QED) is 0.0958. The van der Waals surface area contributed by atoms with Gasteiger partial charge in [-0.05, 0) is 112 Å². The lowest BCUT2D eigenvalue weighted by molar-refractivity contribution is 0.0428. The predicted molar refractivity (Wildman–Crippen MR) is 306 cm³/mol. The molecule has 4 aromatic heterocycles. The number of imide groups is 1. The summed E-state index contributed by atoms with van der Waals surface area (Å²) in [5.74, 6) is 0.517. The summed E-state index contributed by atoms with van der Waals surface area (Å²) >= 11 is 3.44. The maximum absolute atomic E-state index is 13.5. The number of anilines is 2. The summed E-state index contributed by atoms with van der Waals surface area (Å²) in [5.41, 5.74) is 11.7. The minimum atomic E-state index is -3.49. The van der Waals surface area contributed by atoms with E-state index in [2.05, 4.69) is 46.5 Å². The predicted octanol–water partition coefficient (Wildman–Crippen LogP) is 12.2. The van der Waals surface area contributed by atoms with Gasteiger partial charge >= 0.3 is 12.2 Å². The van der Waals surface area contributed by atoms with Crippen LogP contribution in [0.4, 0.5) is 21.2 Å². The third kappa shape index (κ3) is 14.3. The number of nitrogens with zero attached hydrogens (tertiary/aromatic N) is 7. The Kier molecular flexibility index (Phi) is 18.0. The Balaban J connectivity index is 0.000000241. The van der Waals surface area contributed by atoms with E-state index in [4.69, 9.17) is 29.2 Å². The molecule has 2 amide bonds. The Morgan fingerprint density at radius 2 is 0.975 bits per heavy atom. The van der Waals surface area contributed by atoms with Gasteiger partial charge in [-0.15, -0.1) is 0 Å². The minimum absolute atomic E-state index is 0.00363. The second-order valence-corrected chi connectivity index (χ2v) is 26.2. The highest BCUT2D eigenvalue weighted by Crippen LogP contribution is 2.36. The number of carbonyl (C=O) groups is 2. The average molecular weight is 1180 g/mol. The highest BCUT2D eigenvalue weighted by atomic mass is 79.9. The van der Waals surface area contributed by atoms with Crippen LogP contribution in [0.5, 0.6) is 0 Å². The van der Waals surface area contributed by atoms with Gasteiger partial charge < -0.3 is 29.6 Å². The lowest BCUT2D eigenvalue weighted by atomic mass is 10.1. The molecule has 19 nitrogen and oxygen atoms in total. The van der Waals surface area contributed by atoms with Gasteiger partial charge in [0.2, 0.25) is 0 Å². The summed E-state index contributed by atoms with van der Waals surface area (Å²) < 4.78 is 72.5. The van der Waals surface area contributed by atoms with Gasteiger partial charge in [-0.3, -0.25) is 0 Å². The number of nitrogens with one attached hydrogen (secondary N) is 1. The van der Waals surface area contributed by atoms with Gasteiger partial charge in [0.1, 0.15) is 22.6 Å². The van der Waals surface area contributed by atoms with Crippen LogP contribution in [0, 0.1) is 0 Å². The molecule has 414 valence electrons. The molecule has 0 bridgehead atoms. The van der Waals surface area contributed by atoms with Crippen molar-refractivity contribution in [3.8, 4) is 67.9 Å². The van der Waals surface area contributed by atoms with Crippen LogP contribution < -0.4 is 16.0 Å². The van der Waals surface area contributed by atoms with Crippen molar-refractivity contribution in [1.82, 2.24) is 35.6 Å². The number of nitrogen functional groups attached to an aromatic ring is 1. The Labute approximate surface area is 468 Å². The average Bonchev–Trinajstić information content (AvgIpc) is 4.12. The Hall–Kier alpha value is -7.66. The Morgan fingerprint density at radius 1 is 0.595 bits per heavy atom. The van der Waals surface area contributed by atoms with Crippen molar-refractivity contribution in [3.63, 3.8) is 0 Å². The maximum atomic E-state index is 13.5. The monoisotopic (exact) mass is 1180 g/mol. The number of hydrogen-bond acceptors (Lipinski definition) is 18. The number of alkyl halides is 1. The number of ether oxygens (including phenoxy) is 2. The number of sulfone groups is 2. The van der Waals surface area contributed by atoms with Crippen molar-refractivity contribution >= 4 is 59.4 Å². The fraction of sp³-hybridized carbons (Fsp3) is 0.298. The van der Waals surface area contributed by atoms with E-state index in [-0.39, 0.29) is 32.9 Å². The van der Waals surface area contributed by atoms with Crippen molar-refractivity contribution in [3.05, 3.63) is 133 Å². The van der Waals surface area contributed by atoms with Crippen molar-refractivity contribution in [2.24, 2.45) is 0 Å². The molecule has 4 aromatic carbocycles. The van der Waals surface area contributed by atoms with Crippen LogP contribution in [0.1, 0.15) is 80.4 Å². The van der Waals surface area contributed by atoms with E-state index in [9.17, 15) is 26.4 Å². The Bertz CT molecular complexity index is 3640. The zero-order valence-electron chi connectivity index (χ0n) is 45.6. The number of hydrogen-bond donors (Lipinski definition) is 2. The van der Waals surface area contributed by atoms with Crippen LogP contribution in [-0.2, 0) is 41.0 Å². The van der Waals surface area contributed by atoms with E-state index in [0.29, 0.717) is 55.6 Å². The smallest absolute Gasteiger partial charge is 0.425 e. The molecule has 22 heteroatoms. The van der Waals surface area contributed by atoms with Gasteiger partial charge in [0.25, 0.3) is 0 Å². The van der Waals surface area contributed by atoms with Crippen LogP contribution in [0.15, 0.2) is 140 Å². The number of carbonyl (C=O) groups excluding carboxylic acids is 2. The fourth-order valence-corrected chi connectivity index (χ4v) is 9.91. The normalized spacial score (nSPS) is 12.0. The lowest BCUT2D eigenvalue weighted by Gasteiger charge is -2.28. The number of rotatable bonds is 14. The fourth-order valence-electron chi connectivity index (χ4n) is 7.42. The van der Waals surface area contributed by atoms with E-state index >= 15 is 0 Å². The Morgan fingerprint density at radius 3 is 1.38 bits per heavy atom. The lowest BCUT2D eigenvalue weighted by Crippen LogP contribution is -2.44. The van der Waals surface area contributed by atoms with Crippen molar-refractivity contribution in [2.75, 3.05) is 17.7 Å². The summed E-state index contributed by atoms with van der Waals surface area (Å²) in [6.45, 7) is 17.3. The van der Waals surface area contributed by atoms with Crippen LogP contribution in [0.25, 0.3) is 67.9 Å². The number of amides is 2. The molecule has 0 atom stereocenters. The molecule has 79 heavy (non-hydrogen) atoms. The summed E-state index contributed by atoms with van der Waals surface area (Å²) in [4.78, 5) is 46.3. The zero-order valence-corrected chi connectivity index (χ0v) is 48.8. The summed E-state index contributed by atoms with van der Waals surface area (Å²) in [7, 11) is -4.94. The number of aromatic nitrogens is 6. The molecule has 3 N–H and O–H groups in total. The van der Waals surface area contributed by atoms with E-state index in [1.54, 1.807) is 124 Å². The highest BCUT2D eigenvalue weighted by molar-refractivity contribution is 9.08. The molecule has 0 radical (unpaired) electrons. The molecular weight excluding hydrogens is 1110 g/mol. The number of benzene rings is 4. The number of halogens is 1. The molecule has 4 heterocycles. The molecule has 8 aromatic rings. The molecule has 0 aliphatic rings. The van der Waals surface area contributed by atoms with Gasteiger partial charge in [0, 0.05) is 46.3 Å². The van der Waals surface area contributed by atoms with E-state index in [0.717, 1.165) is 23.2 Å². The van der Waals surface area contributed by atoms with Crippen LogP contribution >= 0.6 is 15.9 Å². The first-order valence-electron chi connectivity index (χ1n) is 25.0. The maximum Gasteiger partial charge on any atom is 0.425 e. The molecule has 0 saturated heterocycles. The third-order valence-corrected chi connectivity index (χ3v) is 16.6. The van der Waals surface area contributed by atoms with Crippen LogP contribution in [0.3, 0.4) is 0 Å². The van der Waals surface area contributed by atoms with Crippen molar-refractivity contribution in [2.45, 2.75) is 113 Å². The van der Waals surface area contributed by atoms with E-state index in [1.165, 1.54) is 23.9 Å². The van der Waals surface area contributed by atoms with Gasteiger partial charge in [0.05, 0.1) is 44.1 Å². The standard InChI is InChI=1S/C33H37BrN4O7S.C24H25N5O3S/c1-20(2)46(41,42)24-15-13-23(14-16-24)26-19-35-29(38(30(39)43-32(3,4)5)31(40)44-33(6,7)8)28(36-26)27-17-25(37-45-27)22-11-9-21(18-34)10-12-22;1-15(2)33(30,31)19-10-8-18(9-11-19)21-14-27-24(25)23(28-21)22-12-20(29-32-22)17-6-4-16(5-7-17)13-26-3/h9-17,19-20H,18H2,1-8H3;4-12,14-15,26H,13H2,1-3H3,(H2,25,27). The molecule has 0 spiro atoms. The molecule has 0 saturated carbocycles. The molecular formula is C57H62BrN9O10S2. The second-order valence-electron chi connectivity index (χ2n) is 20.7. The largest absolute Gasteiger partial charge is 0.443 e. The van der Waals surface area contributed by atoms with Gasteiger partial charge in [-0.1, -0.05) is 99.0 Å². The minimum Gasteiger partial charge on any atom is -0.443 e. The van der Waals surface area contributed by atoms with Crippen molar-refractivity contribution in [1.29, 1.82) is 0 Å². The molecule has 0 unspecified atom stereocenters. The van der Waals surface area contributed by atoms with Crippen LogP contribution in [-0.4, -0.2) is 88.0 Å². The van der Waals surface area contributed by atoms with Gasteiger partial charge in [0.15, 0.2) is 54.2 Å². The first kappa shape index (κ1) is 59.0. The van der Waals surface area contributed by atoms with E-state index in [1.807, 2.05) is 55.6 Å². The first-order valence-corrected chi connectivity index (χ1v) is 29.2. The number of nitrogens with two attached hydrogens (primary N) is 1. The SMILES string of the molecule is CC(C)S(=O)(=O)c1ccc(-c2cnc(N(C(=O)OC(C)(C)C)C(=O)OC(C)(C)C)c(-c3cc(-c4ccc(CBr)cc4)no3)n2)cc1.CNCc1ccc(-c2cc(-c3nc(-c4ccc(S(=O)(=O)C(C)C)cc4)cnc3N)on2)cc1. The summed E-state index contributed by atoms with van der Waals surface area (Å²) in [6, 6.07) is 31.9. The second kappa shape index (κ2) is 24.1. The van der Waals surface area contributed by atoms with E-state index < -0.39 is 53.6 Å². The van der Waals surface area contributed by atoms with Crippen LogP contribution in [0.2, 0.25) is 0 Å². The molecule has 0 fully saturated rings. The molecule has 0 aliphatic heterocycles. The highest BCUT2D eigenvalue weighted by Gasteiger charge is 2.37. The third-order valence-electron chi connectivity index (χ3n) is 11.6. The summed E-state index contributed by atoms with van der Waals surface area (Å²) in [6.07, 6.45) is 0.850. The van der Waals surface area contributed by atoms with Gasteiger partial charge in [-0.25, -0.2) is 46.4 Å². The van der Waals surface area contributed by atoms with Gasteiger partial charge in [-0.2, -0.15) is 4.90 Å². The topological polar surface area (TPSA) is 266 Å². The summed E-state index contributed by atoms with van der Waals surface area (Å²) in [5, 5.41) is 11.1. The first-order chi connectivity index (χ1) is 37.2. The molecule has 8 rings (SSSR count). The van der Waals surface area contributed by atoms with Crippen molar-refractivity contribution < 1.29 is 44.9 Å². The molecule has 0 aliphatic carbocycles.